The molecule has 0 aliphatic heterocycles. The number of carbonyl (C=O) groups excluding carboxylic acids is 1. The van der Waals surface area contributed by atoms with Crippen molar-refractivity contribution in [3.05, 3.63) is 64.2 Å². The highest BCUT2D eigenvalue weighted by atomic mass is 35.5. The van der Waals surface area contributed by atoms with Gasteiger partial charge in [0.2, 0.25) is 5.91 Å². The summed E-state index contributed by atoms with van der Waals surface area (Å²) in [5, 5.41) is 2.56. The summed E-state index contributed by atoms with van der Waals surface area (Å²) in [5.74, 6) is -0.762. The van der Waals surface area contributed by atoms with E-state index in [0.717, 1.165) is 0 Å². The molecule has 0 bridgehead atoms. The number of anilines is 1. The first-order valence-electron chi connectivity index (χ1n) is 8.79. The average molecular weight is 436 g/mol. The van der Waals surface area contributed by atoms with Crippen LogP contribution in [0.5, 0.6) is 0 Å². The monoisotopic (exact) mass is 435 g/mol. The fraction of sp³-hybridized carbons (Fsp3) is 0.350. The SMILES string of the molecule is O=C(Nc1cc(C(F)(F)F)ccc1C(F)(F)F)C1(c2ccc(Cl)cc2)CCCC1. The van der Waals surface area contributed by atoms with Crippen LogP contribution in [-0.4, -0.2) is 5.91 Å². The molecule has 2 aromatic carbocycles. The zero-order chi connectivity index (χ0) is 21.4. The van der Waals surface area contributed by atoms with Crippen molar-refractivity contribution in [2.75, 3.05) is 5.32 Å². The Morgan fingerprint density at radius 2 is 1.48 bits per heavy atom. The summed E-state index contributed by atoms with van der Waals surface area (Å²) in [6, 6.07) is 7.37. The Morgan fingerprint density at radius 3 is 2.00 bits per heavy atom. The normalized spacial score (nSPS) is 16.7. The van der Waals surface area contributed by atoms with E-state index in [9.17, 15) is 31.1 Å². The van der Waals surface area contributed by atoms with Crippen LogP contribution in [0.3, 0.4) is 0 Å². The zero-order valence-corrected chi connectivity index (χ0v) is 15.7. The Kier molecular flexibility index (Phi) is 5.60. The minimum Gasteiger partial charge on any atom is -0.325 e. The molecule has 0 saturated heterocycles. The predicted molar refractivity (Wildman–Crippen MR) is 96.7 cm³/mol. The minimum absolute atomic E-state index is 0.325. The molecule has 156 valence electrons. The van der Waals surface area contributed by atoms with E-state index in [1.54, 1.807) is 24.3 Å². The summed E-state index contributed by atoms with van der Waals surface area (Å²) < 4.78 is 79.0. The molecule has 2 aromatic rings. The smallest absolute Gasteiger partial charge is 0.325 e. The first-order chi connectivity index (χ1) is 13.4. The van der Waals surface area contributed by atoms with Crippen molar-refractivity contribution in [2.24, 2.45) is 0 Å². The van der Waals surface area contributed by atoms with Crippen LogP contribution < -0.4 is 5.32 Å². The van der Waals surface area contributed by atoms with E-state index in [1.165, 1.54) is 0 Å². The maximum absolute atomic E-state index is 13.3. The molecule has 1 N–H and O–H groups in total. The van der Waals surface area contributed by atoms with E-state index in [1.807, 2.05) is 0 Å². The molecule has 0 unspecified atom stereocenters. The second kappa shape index (κ2) is 7.55. The predicted octanol–water partition coefficient (Wildman–Crippen LogP) is 6.83. The standard InChI is InChI=1S/C20H16ClF6NO/c21-14-6-3-12(4-7-14)18(9-1-2-10-18)17(29)28-16-11-13(19(22,23)24)5-8-15(16)20(25,26)27/h3-8,11H,1-2,9-10H2,(H,28,29). The third-order valence-corrected chi connectivity index (χ3v) is 5.44. The van der Waals surface area contributed by atoms with Gasteiger partial charge in [-0.2, -0.15) is 26.3 Å². The minimum atomic E-state index is -4.92. The first kappa shape index (κ1) is 21.5. The Labute approximate surface area is 167 Å². The number of alkyl halides is 6. The van der Waals surface area contributed by atoms with Crippen LogP contribution in [0, 0.1) is 0 Å². The second-order valence-corrected chi connectivity index (χ2v) is 7.44. The van der Waals surface area contributed by atoms with E-state index in [-0.39, 0.29) is 0 Å². The van der Waals surface area contributed by atoms with Crippen molar-refractivity contribution in [3.63, 3.8) is 0 Å². The molecule has 1 amide bonds. The van der Waals surface area contributed by atoms with Crippen LogP contribution in [0.15, 0.2) is 42.5 Å². The van der Waals surface area contributed by atoms with Crippen molar-refractivity contribution in [1.82, 2.24) is 0 Å². The third kappa shape index (κ3) is 4.37. The van der Waals surface area contributed by atoms with Gasteiger partial charge in [0.1, 0.15) is 0 Å². The number of benzene rings is 2. The highest BCUT2D eigenvalue weighted by Gasteiger charge is 2.44. The van der Waals surface area contributed by atoms with Crippen molar-refractivity contribution in [1.29, 1.82) is 0 Å². The van der Waals surface area contributed by atoms with Crippen LogP contribution in [0.2, 0.25) is 5.02 Å². The molecule has 1 saturated carbocycles. The van der Waals surface area contributed by atoms with E-state index in [0.29, 0.717) is 54.5 Å². The molecule has 1 aliphatic rings. The fourth-order valence-corrected chi connectivity index (χ4v) is 3.83. The van der Waals surface area contributed by atoms with E-state index in [4.69, 9.17) is 11.6 Å². The molecule has 2 nitrogen and oxygen atoms in total. The third-order valence-electron chi connectivity index (χ3n) is 5.19. The summed E-state index contributed by atoms with van der Waals surface area (Å²) in [5.41, 5.74) is -4.06. The molecule has 9 heteroatoms. The summed E-state index contributed by atoms with van der Waals surface area (Å²) in [7, 11) is 0. The average Bonchev–Trinajstić information content (AvgIpc) is 3.11. The molecule has 1 aliphatic carbocycles. The molecule has 0 heterocycles. The van der Waals surface area contributed by atoms with Crippen LogP contribution in [0.25, 0.3) is 0 Å². The Morgan fingerprint density at radius 1 is 0.897 bits per heavy atom. The lowest BCUT2D eigenvalue weighted by Gasteiger charge is -2.29. The molecule has 0 aromatic heterocycles. The summed E-state index contributed by atoms with van der Waals surface area (Å²) in [6.45, 7) is 0. The van der Waals surface area contributed by atoms with Gasteiger partial charge in [-0.25, -0.2) is 0 Å². The van der Waals surface area contributed by atoms with Gasteiger partial charge < -0.3 is 5.32 Å². The summed E-state index contributed by atoms with van der Waals surface area (Å²) in [4.78, 5) is 13.1. The quantitative estimate of drug-likeness (QED) is 0.526. The van der Waals surface area contributed by atoms with Gasteiger partial charge in [0.15, 0.2) is 0 Å². The van der Waals surface area contributed by atoms with Crippen LogP contribution in [0.1, 0.15) is 42.4 Å². The molecule has 0 spiro atoms. The van der Waals surface area contributed by atoms with Gasteiger partial charge in [0.25, 0.3) is 0 Å². The highest BCUT2D eigenvalue weighted by molar-refractivity contribution is 6.30. The molecular formula is C20H16ClF6NO. The molecular weight excluding hydrogens is 420 g/mol. The van der Waals surface area contributed by atoms with Crippen LogP contribution >= 0.6 is 11.6 Å². The van der Waals surface area contributed by atoms with Gasteiger partial charge in [-0.05, 0) is 48.7 Å². The molecule has 3 rings (SSSR count). The highest BCUT2D eigenvalue weighted by Crippen LogP contribution is 2.44. The van der Waals surface area contributed by atoms with Crippen molar-refractivity contribution >= 4 is 23.2 Å². The van der Waals surface area contributed by atoms with Crippen LogP contribution in [-0.2, 0) is 22.6 Å². The van der Waals surface area contributed by atoms with Gasteiger partial charge in [0.05, 0.1) is 22.2 Å². The van der Waals surface area contributed by atoms with E-state index >= 15 is 0 Å². The lowest BCUT2D eigenvalue weighted by molar-refractivity contribution is -0.141. The van der Waals surface area contributed by atoms with Gasteiger partial charge in [-0.3, -0.25) is 4.79 Å². The molecule has 1 fully saturated rings. The Bertz CT molecular complexity index is 899. The number of amides is 1. The summed E-state index contributed by atoms with van der Waals surface area (Å²) in [6.07, 6.45) is -7.67. The first-order valence-corrected chi connectivity index (χ1v) is 9.17. The maximum atomic E-state index is 13.3. The van der Waals surface area contributed by atoms with Crippen molar-refractivity contribution in [2.45, 2.75) is 43.5 Å². The lowest BCUT2D eigenvalue weighted by atomic mass is 9.78. The Hall–Kier alpha value is -2.22. The van der Waals surface area contributed by atoms with E-state index in [2.05, 4.69) is 5.32 Å². The molecule has 0 radical (unpaired) electrons. The fourth-order valence-electron chi connectivity index (χ4n) is 3.71. The van der Waals surface area contributed by atoms with Crippen LogP contribution in [0.4, 0.5) is 32.0 Å². The van der Waals surface area contributed by atoms with Crippen molar-refractivity contribution in [3.8, 4) is 0 Å². The van der Waals surface area contributed by atoms with E-state index < -0.39 is 40.5 Å². The van der Waals surface area contributed by atoms with Gasteiger partial charge in [-0.15, -0.1) is 0 Å². The van der Waals surface area contributed by atoms with Gasteiger partial charge in [-0.1, -0.05) is 36.6 Å². The zero-order valence-electron chi connectivity index (χ0n) is 14.9. The number of rotatable bonds is 3. The Balaban J connectivity index is 2.03. The number of nitrogens with one attached hydrogen (secondary N) is 1. The largest absolute Gasteiger partial charge is 0.418 e. The number of carbonyl (C=O) groups is 1. The van der Waals surface area contributed by atoms with Crippen molar-refractivity contribution < 1.29 is 31.1 Å². The van der Waals surface area contributed by atoms with Gasteiger partial charge >= 0.3 is 12.4 Å². The number of hydrogen-bond donors (Lipinski definition) is 1. The molecule has 0 atom stereocenters. The maximum Gasteiger partial charge on any atom is 0.418 e. The summed E-state index contributed by atoms with van der Waals surface area (Å²) >= 11 is 5.87. The topological polar surface area (TPSA) is 29.1 Å². The number of hydrogen-bond acceptors (Lipinski definition) is 1. The molecule has 29 heavy (non-hydrogen) atoms. The number of halogens is 7. The second-order valence-electron chi connectivity index (χ2n) is 7.01. The lowest BCUT2D eigenvalue weighted by Crippen LogP contribution is -2.38. The van der Waals surface area contributed by atoms with Gasteiger partial charge in [0, 0.05) is 5.02 Å².